The molecule has 2 aliphatic rings. The molecule has 0 aliphatic carbocycles. The van der Waals surface area contributed by atoms with Gasteiger partial charge >= 0.3 is 5.97 Å². The number of rotatable bonds is 8. The highest BCUT2D eigenvalue weighted by Gasteiger charge is 2.36. The van der Waals surface area contributed by atoms with Crippen LogP contribution in [0.1, 0.15) is 77.3 Å². The number of hydrazine groups is 1. The molecule has 6 bridgehead atoms. The summed E-state index contributed by atoms with van der Waals surface area (Å²) in [6.07, 6.45) is 3.66. The number of esters is 1. The van der Waals surface area contributed by atoms with Gasteiger partial charge in [0.05, 0.1) is 30.1 Å². The first-order chi connectivity index (χ1) is 25.8. The molecule has 11 nitrogen and oxygen atoms in total. The van der Waals surface area contributed by atoms with Crippen molar-refractivity contribution in [2.45, 2.75) is 98.0 Å². The van der Waals surface area contributed by atoms with Gasteiger partial charge in [0.1, 0.15) is 12.1 Å². The number of likely N-dealkylation sites (N-methyl/N-ethyl adjacent to an activating group) is 1. The number of nitrogens with zero attached hydrogens (tertiary/aromatic N) is 3. The van der Waals surface area contributed by atoms with E-state index in [1.807, 2.05) is 45.2 Å². The van der Waals surface area contributed by atoms with Crippen LogP contribution in [0, 0.1) is 11.3 Å². The number of hydrogen-bond donors (Lipinski definition) is 3. The summed E-state index contributed by atoms with van der Waals surface area (Å²) in [5.41, 5.74) is 10.9. The summed E-state index contributed by atoms with van der Waals surface area (Å²) in [5, 5.41) is 8.76. The fourth-order valence-electron chi connectivity index (χ4n) is 8.01. The SMILES string of the molecule is CCn1c(-c2cccnc2[C@H](C)OC)c2c3cc(ccc31)-c1cccc(c1)C[C@H](NC(=O)[C@@H](NC)C(C)C)C(=O)N1CCC[C@H](N1)C(=O)OCC(C)(C)C2. The Morgan fingerprint density at radius 2 is 1.87 bits per heavy atom. The van der Waals surface area contributed by atoms with Crippen LogP contribution < -0.4 is 16.1 Å². The van der Waals surface area contributed by atoms with E-state index in [4.69, 9.17) is 14.5 Å². The predicted molar refractivity (Wildman–Crippen MR) is 211 cm³/mol. The number of aryl methyl sites for hydroxylation is 1. The van der Waals surface area contributed by atoms with Gasteiger partial charge in [0, 0.05) is 54.7 Å². The lowest BCUT2D eigenvalue weighted by Crippen LogP contribution is -2.61. The summed E-state index contributed by atoms with van der Waals surface area (Å²) in [5.74, 6) is -0.916. The van der Waals surface area contributed by atoms with Crippen LogP contribution in [0.3, 0.4) is 0 Å². The van der Waals surface area contributed by atoms with Crippen LogP contribution in [-0.2, 0) is 43.2 Å². The Morgan fingerprint density at radius 3 is 2.59 bits per heavy atom. The zero-order chi connectivity index (χ0) is 38.7. The molecule has 1 fully saturated rings. The summed E-state index contributed by atoms with van der Waals surface area (Å²) in [7, 11) is 3.45. The number of benzene rings is 2. The van der Waals surface area contributed by atoms with Crippen LogP contribution in [-0.4, -0.2) is 77.8 Å². The van der Waals surface area contributed by atoms with Gasteiger partial charge in [0.2, 0.25) is 5.91 Å². The van der Waals surface area contributed by atoms with Crippen molar-refractivity contribution in [1.82, 2.24) is 30.6 Å². The lowest BCUT2D eigenvalue weighted by Gasteiger charge is -2.36. The zero-order valence-electron chi connectivity index (χ0n) is 33.0. The summed E-state index contributed by atoms with van der Waals surface area (Å²) in [6.45, 7) is 13.7. The van der Waals surface area contributed by atoms with Crippen LogP contribution in [0.5, 0.6) is 0 Å². The lowest BCUT2D eigenvalue weighted by molar-refractivity contribution is -0.155. The lowest BCUT2D eigenvalue weighted by atomic mass is 9.84. The summed E-state index contributed by atoms with van der Waals surface area (Å²) < 4.78 is 14.2. The minimum atomic E-state index is -0.860. The van der Waals surface area contributed by atoms with Crippen molar-refractivity contribution >= 4 is 28.7 Å². The van der Waals surface area contributed by atoms with Crippen molar-refractivity contribution in [2.24, 2.45) is 11.3 Å². The number of aromatic nitrogens is 2. The molecule has 2 amide bonds. The van der Waals surface area contributed by atoms with Gasteiger partial charge in [0.25, 0.3) is 5.91 Å². The predicted octanol–water partition coefficient (Wildman–Crippen LogP) is 5.99. The van der Waals surface area contributed by atoms with Gasteiger partial charge in [-0.15, -0.1) is 0 Å². The quantitative estimate of drug-likeness (QED) is 0.189. The Balaban J connectivity index is 1.52. The van der Waals surface area contributed by atoms with Crippen LogP contribution in [0.2, 0.25) is 0 Å². The van der Waals surface area contributed by atoms with Crippen molar-refractivity contribution in [3.63, 3.8) is 0 Å². The molecular formula is C43H56N6O5. The number of hydrogen-bond acceptors (Lipinski definition) is 8. The molecule has 0 radical (unpaired) electrons. The van der Waals surface area contributed by atoms with Crippen molar-refractivity contribution in [1.29, 1.82) is 0 Å². The minimum Gasteiger partial charge on any atom is -0.464 e. The monoisotopic (exact) mass is 736 g/mol. The molecule has 3 N–H and O–H groups in total. The second-order valence-corrected chi connectivity index (χ2v) is 15.9. The van der Waals surface area contributed by atoms with Crippen LogP contribution in [0.15, 0.2) is 60.8 Å². The molecule has 0 spiro atoms. The van der Waals surface area contributed by atoms with E-state index in [-0.39, 0.29) is 36.9 Å². The van der Waals surface area contributed by atoms with E-state index in [0.717, 1.165) is 56.7 Å². The molecule has 2 aromatic carbocycles. The molecule has 11 heteroatoms. The average molecular weight is 737 g/mol. The van der Waals surface area contributed by atoms with E-state index in [9.17, 15) is 14.4 Å². The van der Waals surface area contributed by atoms with Gasteiger partial charge in [-0.25, -0.2) is 5.43 Å². The molecule has 2 aliphatic heterocycles. The number of cyclic esters (lactones) is 1. The average Bonchev–Trinajstić information content (AvgIpc) is 3.47. The highest BCUT2D eigenvalue weighted by Crippen LogP contribution is 2.42. The Hall–Kier alpha value is -4.58. The molecule has 288 valence electrons. The second kappa shape index (κ2) is 16.4. The largest absolute Gasteiger partial charge is 0.464 e. The molecule has 4 heterocycles. The normalized spacial score (nSPS) is 20.4. The van der Waals surface area contributed by atoms with E-state index >= 15 is 0 Å². The third kappa shape index (κ3) is 8.09. The van der Waals surface area contributed by atoms with E-state index in [1.54, 1.807) is 14.2 Å². The summed E-state index contributed by atoms with van der Waals surface area (Å²) >= 11 is 0. The first kappa shape index (κ1) is 39.1. The molecule has 0 unspecified atom stereocenters. The standard InChI is InChI=1S/C43H56N6O5/c1-9-48-36-18-17-30-23-32(36)33(39(48)31-15-11-19-45-38(31)27(4)53-8)24-43(5,6)25-54-42(52)34-16-12-20-49(47-34)41(51)35(22-28-13-10-14-29(30)21-28)46-40(50)37(44-7)26(2)3/h10-11,13-15,17-19,21,23,26-27,34-35,37,44,47H,9,12,16,20,22,24-25H2,1-8H3,(H,46,50)/t27-,34-,35-,37-/m0/s1. The Bertz CT molecular complexity index is 2000. The number of fused-ring (bicyclic) bond motifs is 6. The molecule has 4 aromatic rings. The zero-order valence-corrected chi connectivity index (χ0v) is 33.0. The molecule has 1 saturated heterocycles. The van der Waals surface area contributed by atoms with Crippen molar-refractivity contribution in [2.75, 3.05) is 27.3 Å². The smallest absolute Gasteiger partial charge is 0.324 e. The Morgan fingerprint density at radius 1 is 1.09 bits per heavy atom. The number of methoxy groups -OCH3 is 1. The van der Waals surface area contributed by atoms with E-state index in [2.05, 4.69) is 77.8 Å². The summed E-state index contributed by atoms with van der Waals surface area (Å²) in [6, 6.07) is 16.9. The number of ether oxygens (including phenoxy) is 2. The molecule has 4 atom stereocenters. The van der Waals surface area contributed by atoms with Gasteiger partial charge < -0.3 is 24.7 Å². The molecule has 6 rings (SSSR count). The first-order valence-electron chi connectivity index (χ1n) is 19.3. The number of carbonyl (C=O) groups excluding carboxylic acids is 3. The molecule has 54 heavy (non-hydrogen) atoms. The van der Waals surface area contributed by atoms with Gasteiger partial charge in [-0.3, -0.25) is 24.4 Å². The van der Waals surface area contributed by atoms with Crippen molar-refractivity contribution < 1.29 is 23.9 Å². The van der Waals surface area contributed by atoms with Crippen LogP contribution in [0.25, 0.3) is 33.3 Å². The highest BCUT2D eigenvalue weighted by atomic mass is 16.5. The topological polar surface area (TPSA) is 127 Å². The number of amides is 2. The Kier molecular flexibility index (Phi) is 11.9. The van der Waals surface area contributed by atoms with Gasteiger partial charge in [0.15, 0.2) is 0 Å². The maximum Gasteiger partial charge on any atom is 0.324 e. The highest BCUT2D eigenvalue weighted by molar-refractivity contribution is 5.95. The number of carbonyl (C=O) groups is 3. The fraction of sp³-hybridized carbons (Fsp3) is 0.488. The van der Waals surface area contributed by atoms with Gasteiger partial charge in [-0.05, 0) is 92.6 Å². The van der Waals surface area contributed by atoms with E-state index in [0.29, 0.717) is 25.8 Å². The maximum absolute atomic E-state index is 14.2. The third-order valence-electron chi connectivity index (χ3n) is 10.9. The molecular weight excluding hydrogens is 681 g/mol. The third-order valence-corrected chi connectivity index (χ3v) is 10.9. The fourth-order valence-corrected chi connectivity index (χ4v) is 8.01. The van der Waals surface area contributed by atoms with E-state index in [1.165, 1.54) is 5.01 Å². The summed E-state index contributed by atoms with van der Waals surface area (Å²) in [4.78, 5) is 46.3. The molecule has 2 aromatic heterocycles. The van der Waals surface area contributed by atoms with E-state index < -0.39 is 29.5 Å². The maximum atomic E-state index is 14.2. The number of nitrogens with one attached hydrogen (secondary N) is 3. The van der Waals surface area contributed by atoms with Crippen molar-refractivity contribution in [3.05, 3.63) is 77.6 Å². The minimum absolute atomic E-state index is 0.0140. The van der Waals surface area contributed by atoms with Gasteiger partial charge in [-0.1, -0.05) is 58.0 Å². The van der Waals surface area contributed by atoms with Gasteiger partial charge in [-0.2, -0.15) is 0 Å². The first-order valence-corrected chi connectivity index (χ1v) is 19.3. The number of pyridine rings is 1. The van der Waals surface area contributed by atoms with Crippen molar-refractivity contribution in [3.8, 4) is 22.4 Å². The second-order valence-electron chi connectivity index (χ2n) is 15.9. The Labute approximate surface area is 319 Å². The van der Waals surface area contributed by atoms with Crippen LogP contribution >= 0.6 is 0 Å². The molecule has 0 saturated carbocycles. The van der Waals surface area contributed by atoms with Crippen LogP contribution in [0.4, 0.5) is 0 Å².